The molecule has 0 atom stereocenters. The molecule has 11 heavy (non-hydrogen) atoms. The number of tetrazole rings is 1. The summed E-state index contributed by atoms with van der Waals surface area (Å²) in [7, 11) is 0. The molecule has 0 aliphatic heterocycles. The number of hydrogen-bond donors (Lipinski definition) is 1. The maximum absolute atomic E-state index is 10.1. The van der Waals surface area contributed by atoms with Gasteiger partial charge in [0.15, 0.2) is 0 Å². The van der Waals surface area contributed by atoms with Crippen molar-refractivity contribution in [1.82, 2.24) is 20.2 Å². The van der Waals surface area contributed by atoms with Crippen LogP contribution in [-0.4, -0.2) is 31.3 Å². The molecule has 0 aromatic carbocycles. The maximum Gasteiger partial charge on any atom is 0.305 e. The third kappa shape index (κ3) is 2.11. The molecule has 0 unspecified atom stereocenters. The molecule has 1 N–H and O–H groups in total. The Bertz CT molecular complexity index is 260. The van der Waals surface area contributed by atoms with Crippen LogP contribution in [0.2, 0.25) is 0 Å². The van der Waals surface area contributed by atoms with Crippen LogP contribution in [0.1, 0.15) is 6.42 Å². The zero-order chi connectivity index (χ0) is 8.27. The smallest absolute Gasteiger partial charge is 0.305 e. The van der Waals surface area contributed by atoms with E-state index in [4.69, 9.17) is 5.11 Å². The molecule has 1 heterocycles. The molecule has 1 aromatic heterocycles. The lowest BCUT2D eigenvalue weighted by molar-refractivity contribution is -0.137. The number of rotatable bonds is 3. The van der Waals surface area contributed by atoms with Crippen LogP contribution in [0.5, 0.6) is 0 Å². The van der Waals surface area contributed by atoms with E-state index in [-0.39, 0.29) is 18.1 Å². The van der Waals surface area contributed by atoms with E-state index in [2.05, 4.69) is 28.2 Å². The molecule has 0 bridgehead atoms. The fraction of sp³-hybridized carbons (Fsp3) is 0.500. The first-order chi connectivity index (χ1) is 5.20. The Labute approximate surface area is 67.6 Å². The first-order valence-electron chi connectivity index (χ1n) is 2.85. The van der Waals surface area contributed by atoms with Crippen molar-refractivity contribution < 1.29 is 9.90 Å². The molecule has 59 valence electrons. The van der Waals surface area contributed by atoms with E-state index in [0.717, 1.165) is 0 Å². The number of aryl methyl sites for hydroxylation is 1. The van der Waals surface area contributed by atoms with Gasteiger partial charge in [-0.25, -0.2) is 4.68 Å². The predicted octanol–water partition coefficient (Wildman–Crippen LogP) is -0.296. The van der Waals surface area contributed by atoms with E-state index in [1.54, 1.807) is 0 Å². The van der Waals surface area contributed by atoms with Gasteiger partial charge in [-0.15, -0.1) is 0 Å². The van der Waals surface area contributed by atoms with Gasteiger partial charge in [0, 0.05) is 0 Å². The van der Waals surface area contributed by atoms with E-state index in [0.29, 0.717) is 0 Å². The summed E-state index contributed by atoms with van der Waals surface area (Å²) in [5, 5.41) is 18.7. The molecule has 1 aromatic rings. The molecule has 1 radical (unpaired) electrons. The van der Waals surface area contributed by atoms with Crippen molar-refractivity contribution in [2.75, 3.05) is 0 Å². The Balaban J connectivity index is 2.51. The zero-order valence-corrected chi connectivity index (χ0v) is 6.28. The average molecular weight is 173 g/mol. The van der Waals surface area contributed by atoms with Crippen LogP contribution in [0.15, 0.2) is 5.16 Å². The Kier molecular flexibility index (Phi) is 2.32. The molecular formula is C4H5N4O2S. The maximum atomic E-state index is 10.1. The minimum Gasteiger partial charge on any atom is -0.481 e. The van der Waals surface area contributed by atoms with Gasteiger partial charge in [-0.2, -0.15) is 0 Å². The summed E-state index contributed by atoms with van der Waals surface area (Å²) in [5.74, 6) is -0.894. The lowest BCUT2D eigenvalue weighted by atomic mass is 10.4. The molecule has 0 fully saturated rings. The highest BCUT2D eigenvalue weighted by molar-refractivity contribution is 7.80. The molecule has 0 saturated carbocycles. The van der Waals surface area contributed by atoms with E-state index >= 15 is 0 Å². The zero-order valence-electron chi connectivity index (χ0n) is 5.47. The molecule has 6 nitrogen and oxygen atoms in total. The molecule has 1 rings (SSSR count). The SMILES string of the molecule is O=C(O)CCn1nnnc1[S]. The van der Waals surface area contributed by atoms with Crippen molar-refractivity contribution in [1.29, 1.82) is 0 Å². The van der Waals surface area contributed by atoms with Crippen LogP contribution < -0.4 is 0 Å². The number of hydrogen-bond acceptors (Lipinski definition) is 4. The van der Waals surface area contributed by atoms with Crippen molar-refractivity contribution >= 4 is 18.6 Å². The molecule has 0 aliphatic rings. The number of carboxylic acids is 1. The lowest BCUT2D eigenvalue weighted by Crippen LogP contribution is -2.06. The van der Waals surface area contributed by atoms with E-state index in [1.165, 1.54) is 4.68 Å². The fourth-order valence-electron chi connectivity index (χ4n) is 0.538. The van der Waals surface area contributed by atoms with E-state index < -0.39 is 5.97 Å². The largest absolute Gasteiger partial charge is 0.481 e. The summed E-state index contributed by atoms with van der Waals surface area (Å²) in [6, 6.07) is 0. The van der Waals surface area contributed by atoms with Gasteiger partial charge in [-0.05, 0) is 23.1 Å². The van der Waals surface area contributed by atoms with Gasteiger partial charge in [0.25, 0.3) is 0 Å². The highest BCUT2D eigenvalue weighted by Gasteiger charge is 2.03. The van der Waals surface area contributed by atoms with Gasteiger partial charge in [0.05, 0.1) is 13.0 Å². The van der Waals surface area contributed by atoms with Crippen LogP contribution in [0.4, 0.5) is 0 Å². The average Bonchev–Trinajstić information content (AvgIpc) is 2.31. The van der Waals surface area contributed by atoms with Gasteiger partial charge >= 0.3 is 5.97 Å². The topological polar surface area (TPSA) is 80.9 Å². The first kappa shape index (κ1) is 7.86. The second-order valence-electron chi connectivity index (χ2n) is 1.83. The van der Waals surface area contributed by atoms with Crippen LogP contribution in [-0.2, 0) is 11.3 Å². The minimum absolute atomic E-state index is 0.0192. The highest BCUT2D eigenvalue weighted by atomic mass is 32.1. The Morgan fingerprint density at radius 3 is 2.91 bits per heavy atom. The Morgan fingerprint density at radius 1 is 1.73 bits per heavy atom. The number of aliphatic carboxylic acids is 1. The molecular weight excluding hydrogens is 168 g/mol. The first-order valence-corrected chi connectivity index (χ1v) is 3.26. The highest BCUT2D eigenvalue weighted by Crippen LogP contribution is 1.97. The van der Waals surface area contributed by atoms with Crippen molar-refractivity contribution in [2.45, 2.75) is 18.1 Å². The van der Waals surface area contributed by atoms with Gasteiger partial charge in [0.2, 0.25) is 5.16 Å². The predicted molar refractivity (Wildman–Crippen MR) is 35.9 cm³/mol. The lowest BCUT2D eigenvalue weighted by Gasteiger charge is -1.94. The molecule has 0 amide bonds. The van der Waals surface area contributed by atoms with E-state index in [1.807, 2.05) is 0 Å². The molecule has 0 spiro atoms. The second-order valence-corrected chi connectivity index (χ2v) is 2.19. The molecule has 0 saturated heterocycles. The van der Waals surface area contributed by atoms with E-state index in [9.17, 15) is 4.79 Å². The van der Waals surface area contributed by atoms with Crippen LogP contribution >= 0.6 is 12.6 Å². The van der Waals surface area contributed by atoms with Gasteiger partial charge in [-0.3, -0.25) is 4.79 Å². The third-order valence-electron chi connectivity index (χ3n) is 1.04. The third-order valence-corrected chi connectivity index (χ3v) is 1.33. The minimum atomic E-state index is -0.894. The quantitative estimate of drug-likeness (QED) is 0.678. The van der Waals surface area contributed by atoms with Crippen molar-refractivity contribution in [2.24, 2.45) is 0 Å². The summed E-state index contributed by atoms with van der Waals surface area (Å²) < 4.78 is 1.27. The van der Waals surface area contributed by atoms with Gasteiger partial charge in [-0.1, -0.05) is 5.10 Å². The summed E-state index contributed by atoms with van der Waals surface area (Å²) >= 11 is 4.67. The monoisotopic (exact) mass is 173 g/mol. The van der Waals surface area contributed by atoms with Crippen LogP contribution in [0, 0.1) is 0 Å². The van der Waals surface area contributed by atoms with Gasteiger partial charge in [0.1, 0.15) is 0 Å². The van der Waals surface area contributed by atoms with Crippen LogP contribution in [0.3, 0.4) is 0 Å². The molecule has 7 heteroatoms. The Morgan fingerprint density at radius 2 is 2.45 bits per heavy atom. The summed E-state index contributed by atoms with van der Waals surface area (Å²) in [6.45, 7) is 0.223. The fourth-order valence-corrected chi connectivity index (χ4v) is 0.703. The number of nitrogens with zero attached hydrogens (tertiary/aromatic N) is 4. The number of carboxylic acid groups (broad SMARTS) is 1. The van der Waals surface area contributed by atoms with Crippen LogP contribution in [0.25, 0.3) is 0 Å². The normalized spacial score (nSPS) is 9.82. The number of aromatic nitrogens is 4. The van der Waals surface area contributed by atoms with Crippen molar-refractivity contribution in [3.63, 3.8) is 0 Å². The van der Waals surface area contributed by atoms with Gasteiger partial charge < -0.3 is 5.11 Å². The summed E-state index contributed by atoms with van der Waals surface area (Å²) in [4.78, 5) is 10.1. The second kappa shape index (κ2) is 3.24. The molecule has 0 aliphatic carbocycles. The standard InChI is InChI=1S/C4H5N4O2S/c9-3(10)1-2-8-4(11)5-6-7-8/h1-2H2,(H,9,10). The Hall–Kier alpha value is -1.24. The summed E-state index contributed by atoms with van der Waals surface area (Å²) in [5.41, 5.74) is 0. The van der Waals surface area contributed by atoms with Crippen molar-refractivity contribution in [3.05, 3.63) is 0 Å². The van der Waals surface area contributed by atoms with Crippen molar-refractivity contribution in [3.8, 4) is 0 Å². The summed E-state index contributed by atoms with van der Waals surface area (Å²) in [6.07, 6.45) is -0.0192. The number of carbonyl (C=O) groups is 1.